The molecule has 12 heavy (non-hydrogen) atoms. The first kappa shape index (κ1) is 7.34. The van der Waals surface area contributed by atoms with Crippen LogP contribution in [0.2, 0.25) is 0 Å². The fourth-order valence-electron chi connectivity index (χ4n) is 2.55. The standard InChI is InChI=1S/C10H16O2/c1-9-4-3-7(5-8(9)12-9)10(2)6-11-10/h7-8H,3-6H2,1-2H3/t7-,8-,9-,10+/m1/s1. The van der Waals surface area contributed by atoms with Crippen LogP contribution in [0.25, 0.3) is 0 Å². The fourth-order valence-corrected chi connectivity index (χ4v) is 2.55. The second kappa shape index (κ2) is 1.88. The van der Waals surface area contributed by atoms with Gasteiger partial charge in [-0.05, 0) is 39.0 Å². The smallest absolute Gasteiger partial charge is 0.0920 e. The third-order valence-corrected chi connectivity index (χ3v) is 3.99. The topological polar surface area (TPSA) is 25.1 Å². The van der Waals surface area contributed by atoms with Crippen LogP contribution >= 0.6 is 0 Å². The molecule has 3 aliphatic rings. The highest BCUT2D eigenvalue weighted by molar-refractivity contribution is 5.08. The molecule has 0 aromatic rings. The normalized spacial score (nSPS) is 62.5. The van der Waals surface area contributed by atoms with Crippen molar-refractivity contribution < 1.29 is 9.47 Å². The fraction of sp³-hybridized carbons (Fsp3) is 1.00. The van der Waals surface area contributed by atoms with Gasteiger partial charge in [0.15, 0.2) is 0 Å². The van der Waals surface area contributed by atoms with Crippen molar-refractivity contribution in [3.05, 3.63) is 0 Å². The molecular formula is C10H16O2. The second-order valence-corrected chi connectivity index (χ2v) is 4.99. The summed E-state index contributed by atoms with van der Waals surface area (Å²) in [6.07, 6.45) is 4.31. The second-order valence-electron chi connectivity index (χ2n) is 4.99. The molecule has 0 unspecified atom stereocenters. The van der Waals surface area contributed by atoms with Crippen LogP contribution < -0.4 is 0 Å². The Labute approximate surface area is 73.2 Å². The summed E-state index contributed by atoms with van der Waals surface area (Å²) in [4.78, 5) is 0. The summed E-state index contributed by atoms with van der Waals surface area (Å²) < 4.78 is 11.1. The maximum absolute atomic E-state index is 5.66. The third kappa shape index (κ3) is 0.882. The van der Waals surface area contributed by atoms with E-state index in [2.05, 4.69) is 13.8 Å². The molecule has 0 aromatic carbocycles. The van der Waals surface area contributed by atoms with Crippen LogP contribution in [0.5, 0.6) is 0 Å². The van der Waals surface area contributed by atoms with Crippen molar-refractivity contribution in [2.24, 2.45) is 5.92 Å². The van der Waals surface area contributed by atoms with Gasteiger partial charge in [0.1, 0.15) is 0 Å². The van der Waals surface area contributed by atoms with Gasteiger partial charge >= 0.3 is 0 Å². The molecule has 3 fully saturated rings. The van der Waals surface area contributed by atoms with Crippen molar-refractivity contribution in [1.29, 1.82) is 0 Å². The molecule has 4 atom stereocenters. The summed E-state index contributed by atoms with van der Waals surface area (Å²) in [7, 11) is 0. The van der Waals surface area contributed by atoms with Crippen molar-refractivity contribution in [2.45, 2.75) is 50.4 Å². The number of epoxide rings is 2. The Morgan fingerprint density at radius 2 is 2.00 bits per heavy atom. The lowest BCUT2D eigenvalue weighted by atomic mass is 9.77. The lowest BCUT2D eigenvalue weighted by molar-refractivity contribution is 0.191. The number of hydrogen-bond acceptors (Lipinski definition) is 2. The van der Waals surface area contributed by atoms with Gasteiger partial charge in [-0.3, -0.25) is 0 Å². The maximum atomic E-state index is 5.66. The molecule has 2 aliphatic heterocycles. The van der Waals surface area contributed by atoms with Crippen LogP contribution in [-0.2, 0) is 9.47 Å². The molecule has 1 saturated carbocycles. The quantitative estimate of drug-likeness (QED) is 0.557. The molecule has 0 spiro atoms. The molecule has 2 heterocycles. The van der Waals surface area contributed by atoms with Gasteiger partial charge in [-0.25, -0.2) is 0 Å². The minimum Gasteiger partial charge on any atom is -0.370 e. The van der Waals surface area contributed by atoms with Crippen LogP contribution in [0.1, 0.15) is 33.1 Å². The van der Waals surface area contributed by atoms with E-state index in [1.807, 2.05) is 0 Å². The largest absolute Gasteiger partial charge is 0.370 e. The van der Waals surface area contributed by atoms with Gasteiger partial charge in [-0.1, -0.05) is 0 Å². The minimum atomic E-state index is 0.229. The number of hydrogen-bond donors (Lipinski definition) is 0. The molecule has 0 aromatic heterocycles. The van der Waals surface area contributed by atoms with Crippen LogP contribution in [0.3, 0.4) is 0 Å². The first-order valence-electron chi connectivity index (χ1n) is 4.94. The summed E-state index contributed by atoms with van der Waals surface area (Å²) in [5.41, 5.74) is 0.495. The highest BCUT2D eigenvalue weighted by Crippen LogP contribution is 2.54. The third-order valence-electron chi connectivity index (χ3n) is 3.99. The van der Waals surface area contributed by atoms with Gasteiger partial charge in [0, 0.05) is 0 Å². The van der Waals surface area contributed by atoms with Gasteiger partial charge in [-0.2, -0.15) is 0 Å². The van der Waals surface area contributed by atoms with Gasteiger partial charge in [0.25, 0.3) is 0 Å². The van der Waals surface area contributed by atoms with Gasteiger partial charge in [-0.15, -0.1) is 0 Å². The van der Waals surface area contributed by atoms with E-state index in [0.29, 0.717) is 6.10 Å². The predicted octanol–water partition coefficient (Wildman–Crippen LogP) is 1.73. The summed E-state index contributed by atoms with van der Waals surface area (Å²) >= 11 is 0. The Balaban J connectivity index is 1.70. The first-order valence-corrected chi connectivity index (χ1v) is 4.94. The van der Waals surface area contributed by atoms with Crippen molar-refractivity contribution in [3.63, 3.8) is 0 Å². The number of fused-ring (bicyclic) bond motifs is 1. The molecule has 0 radical (unpaired) electrons. The van der Waals surface area contributed by atoms with E-state index in [9.17, 15) is 0 Å². The van der Waals surface area contributed by atoms with E-state index in [1.165, 1.54) is 19.3 Å². The van der Waals surface area contributed by atoms with Gasteiger partial charge in [0.2, 0.25) is 0 Å². The molecule has 0 N–H and O–H groups in total. The van der Waals surface area contributed by atoms with Crippen LogP contribution in [0, 0.1) is 5.92 Å². The van der Waals surface area contributed by atoms with E-state index < -0.39 is 0 Å². The number of rotatable bonds is 1. The van der Waals surface area contributed by atoms with E-state index in [-0.39, 0.29) is 11.2 Å². The zero-order valence-electron chi connectivity index (χ0n) is 7.80. The molecule has 2 saturated heterocycles. The summed E-state index contributed by atoms with van der Waals surface area (Å²) in [5.74, 6) is 0.762. The highest BCUT2D eigenvalue weighted by atomic mass is 16.6. The van der Waals surface area contributed by atoms with Crippen molar-refractivity contribution in [2.75, 3.05) is 6.61 Å². The Morgan fingerprint density at radius 3 is 2.58 bits per heavy atom. The molecule has 2 nitrogen and oxygen atoms in total. The lowest BCUT2D eigenvalue weighted by Crippen LogP contribution is -2.29. The molecule has 3 rings (SSSR count). The molecule has 2 heteroatoms. The first-order chi connectivity index (χ1) is 5.62. The Kier molecular flexibility index (Phi) is 1.15. The predicted molar refractivity (Wildman–Crippen MR) is 45.0 cm³/mol. The maximum Gasteiger partial charge on any atom is 0.0920 e. The van der Waals surface area contributed by atoms with E-state index >= 15 is 0 Å². The van der Waals surface area contributed by atoms with Crippen LogP contribution in [0.15, 0.2) is 0 Å². The summed E-state index contributed by atoms with van der Waals surface area (Å²) in [5, 5.41) is 0. The molecular weight excluding hydrogens is 152 g/mol. The minimum absolute atomic E-state index is 0.229. The average molecular weight is 168 g/mol. The van der Waals surface area contributed by atoms with Gasteiger partial charge in [0.05, 0.1) is 23.9 Å². The zero-order chi connectivity index (χ0) is 8.40. The molecule has 68 valence electrons. The van der Waals surface area contributed by atoms with Gasteiger partial charge < -0.3 is 9.47 Å². The molecule has 0 bridgehead atoms. The number of ether oxygens (including phenoxy) is 2. The summed E-state index contributed by atoms with van der Waals surface area (Å²) in [6, 6.07) is 0. The Morgan fingerprint density at radius 1 is 1.25 bits per heavy atom. The highest BCUT2D eigenvalue weighted by Gasteiger charge is 2.60. The van der Waals surface area contributed by atoms with Crippen molar-refractivity contribution >= 4 is 0 Å². The molecule has 1 aliphatic carbocycles. The zero-order valence-corrected chi connectivity index (χ0v) is 7.80. The van der Waals surface area contributed by atoms with Crippen molar-refractivity contribution in [1.82, 2.24) is 0 Å². The van der Waals surface area contributed by atoms with Crippen LogP contribution in [0.4, 0.5) is 0 Å². The SMILES string of the molecule is C[C@@]12CC[C@@H]([C@]3(C)CO3)C[C@H]1O2. The van der Waals surface area contributed by atoms with E-state index in [1.54, 1.807) is 0 Å². The summed E-state index contributed by atoms with van der Waals surface area (Å²) in [6.45, 7) is 5.45. The average Bonchev–Trinajstić information content (AvgIpc) is 2.86. The Bertz CT molecular complexity index is 222. The Hall–Kier alpha value is -0.0800. The monoisotopic (exact) mass is 168 g/mol. The van der Waals surface area contributed by atoms with E-state index in [0.717, 1.165) is 12.5 Å². The van der Waals surface area contributed by atoms with Crippen molar-refractivity contribution in [3.8, 4) is 0 Å². The van der Waals surface area contributed by atoms with Crippen LogP contribution in [-0.4, -0.2) is 23.9 Å². The lowest BCUT2D eigenvalue weighted by Gasteiger charge is -2.25. The van der Waals surface area contributed by atoms with E-state index in [4.69, 9.17) is 9.47 Å². The molecule has 0 amide bonds.